The molecule has 0 spiro atoms. The normalized spacial score (nSPS) is 11.8. The third-order valence-corrected chi connectivity index (χ3v) is 3.92. The molecule has 3 N–H and O–H groups in total. The number of ether oxygens (including phenoxy) is 1. The second kappa shape index (κ2) is 10.5. The largest absolute Gasteiger partial charge is 0.396 e. The molecule has 0 radical (unpaired) electrons. The number of urea groups is 1. The highest BCUT2D eigenvalue weighted by Crippen LogP contribution is 2.18. The third kappa shape index (κ3) is 6.57. The van der Waals surface area contributed by atoms with Crippen LogP contribution >= 0.6 is 0 Å². The SMILES string of the molecule is CCOCc1cccc(NC(=O)NCC(CCO)c2ccccc2)c1. The quantitative estimate of drug-likeness (QED) is 0.653. The van der Waals surface area contributed by atoms with Crippen LogP contribution in [0.3, 0.4) is 0 Å². The fourth-order valence-corrected chi connectivity index (χ4v) is 2.62. The first-order chi connectivity index (χ1) is 12.2. The molecule has 0 aromatic heterocycles. The van der Waals surface area contributed by atoms with Crippen molar-refractivity contribution in [1.82, 2.24) is 5.32 Å². The van der Waals surface area contributed by atoms with Gasteiger partial charge in [-0.3, -0.25) is 0 Å². The number of hydrogen-bond donors (Lipinski definition) is 3. The van der Waals surface area contributed by atoms with Crippen LogP contribution in [0.1, 0.15) is 30.4 Å². The minimum absolute atomic E-state index is 0.0845. The standard InChI is InChI=1S/C20H26N2O3/c1-2-25-15-16-7-6-10-19(13-16)22-20(24)21-14-18(11-12-23)17-8-4-3-5-9-17/h3-10,13,18,23H,2,11-12,14-15H2,1H3,(H2,21,22,24). The first kappa shape index (κ1) is 19.0. The molecular weight excluding hydrogens is 316 g/mol. The molecule has 0 saturated carbocycles. The van der Waals surface area contributed by atoms with Gasteiger partial charge >= 0.3 is 6.03 Å². The highest BCUT2D eigenvalue weighted by Gasteiger charge is 2.12. The molecule has 0 fully saturated rings. The van der Waals surface area contributed by atoms with Crippen LogP contribution in [0.15, 0.2) is 54.6 Å². The maximum atomic E-state index is 12.2. The number of aliphatic hydroxyl groups excluding tert-OH is 1. The van der Waals surface area contributed by atoms with Gasteiger partial charge in [0, 0.05) is 31.4 Å². The van der Waals surface area contributed by atoms with Gasteiger partial charge in [0.05, 0.1) is 6.61 Å². The van der Waals surface area contributed by atoms with Gasteiger partial charge in [0.1, 0.15) is 0 Å². The molecular formula is C20H26N2O3. The Morgan fingerprint density at radius 3 is 2.68 bits per heavy atom. The Morgan fingerprint density at radius 1 is 1.16 bits per heavy atom. The van der Waals surface area contributed by atoms with Crippen molar-refractivity contribution >= 4 is 11.7 Å². The van der Waals surface area contributed by atoms with Crippen molar-refractivity contribution in [3.63, 3.8) is 0 Å². The molecule has 5 heteroatoms. The predicted octanol–water partition coefficient (Wildman–Crippen LogP) is 3.51. The summed E-state index contributed by atoms with van der Waals surface area (Å²) in [5.74, 6) is 0.0845. The number of benzene rings is 2. The number of carbonyl (C=O) groups is 1. The van der Waals surface area contributed by atoms with E-state index in [2.05, 4.69) is 10.6 Å². The van der Waals surface area contributed by atoms with E-state index in [1.54, 1.807) is 0 Å². The molecule has 134 valence electrons. The van der Waals surface area contributed by atoms with E-state index >= 15 is 0 Å². The third-order valence-electron chi connectivity index (χ3n) is 3.92. The van der Waals surface area contributed by atoms with Crippen LogP contribution in [0.5, 0.6) is 0 Å². The highest BCUT2D eigenvalue weighted by molar-refractivity contribution is 5.89. The van der Waals surface area contributed by atoms with Gasteiger partial charge in [-0.05, 0) is 36.6 Å². The van der Waals surface area contributed by atoms with E-state index in [9.17, 15) is 9.90 Å². The molecule has 0 saturated heterocycles. The second-order valence-corrected chi connectivity index (χ2v) is 5.79. The van der Waals surface area contributed by atoms with Gasteiger partial charge in [0.2, 0.25) is 0 Å². The molecule has 0 bridgehead atoms. The zero-order valence-electron chi connectivity index (χ0n) is 14.6. The van der Waals surface area contributed by atoms with E-state index < -0.39 is 0 Å². The number of rotatable bonds is 9. The van der Waals surface area contributed by atoms with Crippen molar-refractivity contribution in [3.8, 4) is 0 Å². The van der Waals surface area contributed by atoms with Crippen LogP contribution in [-0.2, 0) is 11.3 Å². The lowest BCUT2D eigenvalue weighted by atomic mass is 9.96. The fraction of sp³-hybridized carbons (Fsp3) is 0.350. The Morgan fingerprint density at radius 2 is 1.96 bits per heavy atom. The molecule has 2 amide bonds. The number of hydrogen-bond acceptors (Lipinski definition) is 3. The highest BCUT2D eigenvalue weighted by atomic mass is 16.5. The minimum atomic E-state index is -0.257. The number of aliphatic hydroxyl groups is 1. The van der Waals surface area contributed by atoms with Crippen LogP contribution < -0.4 is 10.6 Å². The summed E-state index contributed by atoms with van der Waals surface area (Å²) in [7, 11) is 0. The number of carbonyl (C=O) groups excluding carboxylic acids is 1. The molecule has 2 aromatic rings. The summed E-state index contributed by atoms with van der Waals surface area (Å²) >= 11 is 0. The lowest BCUT2D eigenvalue weighted by molar-refractivity contribution is 0.134. The zero-order valence-corrected chi connectivity index (χ0v) is 14.6. The summed E-state index contributed by atoms with van der Waals surface area (Å²) in [5, 5.41) is 15.0. The van der Waals surface area contributed by atoms with Gasteiger partial charge in [0.15, 0.2) is 0 Å². The van der Waals surface area contributed by atoms with Gasteiger partial charge in [0.25, 0.3) is 0 Å². The number of nitrogens with one attached hydrogen (secondary N) is 2. The summed E-state index contributed by atoms with van der Waals surface area (Å²) in [6.07, 6.45) is 0.605. The van der Waals surface area contributed by atoms with E-state index in [0.717, 1.165) is 16.8 Å². The van der Waals surface area contributed by atoms with Gasteiger partial charge < -0.3 is 20.5 Å². The Hall–Kier alpha value is -2.37. The fourth-order valence-electron chi connectivity index (χ4n) is 2.62. The van der Waals surface area contributed by atoms with Crippen molar-refractivity contribution in [2.45, 2.75) is 25.9 Å². The molecule has 5 nitrogen and oxygen atoms in total. The summed E-state index contributed by atoms with van der Waals surface area (Å²) in [4.78, 5) is 12.2. The summed E-state index contributed by atoms with van der Waals surface area (Å²) in [6, 6.07) is 17.2. The van der Waals surface area contributed by atoms with Crippen molar-refractivity contribution in [3.05, 3.63) is 65.7 Å². The van der Waals surface area contributed by atoms with Crippen LogP contribution in [0.25, 0.3) is 0 Å². The van der Waals surface area contributed by atoms with Crippen LogP contribution in [0.4, 0.5) is 10.5 Å². The number of anilines is 1. The van der Waals surface area contributed by atoms with Gasteiger partial charge in [-0.25, -0.2) is 4.79 Å². The molecule has 1 unspecified atom stereocenters. The summed E-state index contributed by atoms with van der Waals surface area (Å²) < 4.78 is 5.38. The molecule has 0 aliphatic heterocycles. The summed E-state index contributed by atoms with van der Waals surface area (Å²) in [6.45, 7) is 3.69. The molecule has 0 aliphatic carbocycles. The zero-order chi connectivity index (χ0) is 17.9. The van der Waals surface area contributed by atoms with Crippen molar-refractivity contribution in [1.29, 1.82) is 0 Å². The maximum Gasteiger partial charge on any atom is 0.319 e. The molecule has 2 aromatic carbocycles. The molecule has 2 rings (SSSR count). The van der Waals surface area contributed by atoms with Crippen LogP contribution in [0, 0.1) is 0 Å². The predicted molar refractivity (Wildman–Crippen MR) is 99.7 cm³/mol. The average molecular weight is 342 g/mol. The van der Waals surface area contributed by atoms with Crippen molar-refractivity contribution in [2.24, 2.45) is 0 Å². The maximum absolute atomic E-state index is 12.2. The van der Waals surface area contributed by atoms with Gasteiger partial charge in [-0.1, -0.05) is 42.5 Å². The molecule has 0 aliphatic rings. The Kier molecular flexibility index (Phi) is 7.95. The monoisotopic (exact) mass is 342 g/mol. The lowest BCUT2D eigenvalue weighted by Crippen LogP contribution is -2.32. The Balaban J connectivity index is 1.88. The van der Waals surface area contributed by atoms with E-state index in [0.29, 0.717) is 26.2 Å². The molecule has 0 heterocycles. The van der Waals surface area contributed by atoms with E-state index in [1.165, 1.54) is 0 Å². The van der Waals surface area contributed by atoms with E-state index in [-0.39, 0.29) is 18.6 Å². The summed E-state index contributed by atoms with van der Waals surface area (Å²) in [5.41, 5.74) is 2.85. The molecule has 1 atom stereocenters. The first-order valence-electron chi connectivity index (χ1n) is 8.60. The molecule has 25 heavy (non-hydrogen) atoms. The van der Waals surface area contributed by atoms with E-state index in [4.69, 9.17) is 4.74 Å². The minimum Gasteiger partial charge on any atom is -0.396 e. The average Bonchev–Trinajstić information content (AvgIpc) is 2.64. The topological polar surface area (TPSA) is 70.6 Å². The van der Waals surface area contributed by atoms with E-state index in [1.807, 2.05) is 61.5 Å². The van der Waals surface area contributed by atoms with Gasteiger partial charge in [-0.15, -0.1) is 0 Å². The van der Waals surface area contributed by atoms with Crippen molar-refractivity contribution in [2.75, 3.05) is 25.1 Å². The second-order valence-electron chi connectivity index (χ2n) is 5.79. The van der Waals surface area contributed by atoms with Crippen LogP contribution in [0.2, 0.25) is 0 Å². The van der Waals surface area contributed by atoms with Crippen molar-refractivity contribution < 1.29 is 14.6 Å². The lowest BCUT2D eigenvalue weighted by Gasteiger charge is -2.17. The van der Waals surface area contributed by atoms with Crippen LogP contribution in [-0.4, -0.2) is 30.9 Å². The Bertz CT molecular complexity index is 646. The Labute approximate surface area is 149 Å². The van der Waals surface area contributed by atoms with Gasteiger partial charge in [-0.2, -0.15) is 0 Å². The first-order valence-corrected chi connectivity index (χ1v) is 8.60. The smallest absolute Gasteiger partial charge is 0.319 e. The number of amides is 2.